The van der Waals surface area contributed by atoms with Gasteiger partial charge in [-0.05, 0) is 24.1 Å². The first kappa shape index (κ1) is 12.4. The number of benzene rings is 1. The number of cyclic esters (lactones) is 1. The highest BCUT2D eigenvalue weighted by Gasteiger charge is 2.28. The zero-order chi connectivity index (χ0) is 12.3. The highest BCUT2D eigenvalue weighted by atomic mass is 35.5. The smallest absolute Gasteiger partial charge is 0.323 e. The average molecular weight is 254 g/mol. The fourth-order valence-electron chi connectivity index (χ4n) is 2.06. The minimum absolute atomic E-state index is 0.143. The molecule has 0 radical (unpaired) electrons. The fraction of sp³-hybridized carbons (Fsp3) is 0.462. The second kappa shape index (κ2) is 5.52. The molecule has 1 aromatic carbocycles. The Morgan fingerprint density at radius 2 is 2.41 bits per heavy atom. The van der Waals surface area contributed by atoms with Gasteiger partial charge in [-0.25, -0.2) is 0 Å². The lowest BCUT2D eigenvalue weighted by atomic mass is 10.0. The first-order chi connectivity index (χ1) is 8.20. The van der Waals surface area contributed by atoms with Crippen LogP contribution in [-0.4, -0.2) is 18.6 Å². The van der Waals surface area contributed by atoms with Gasteiger partial charge in [-0.15, -0.1) is 0 Å². The molecule has 0 saturated carbocycles. The van der Waals surface area contributed by atoms with Crippen molar-refractivity contribution in [2.24, 2.45) is 0 Å². The Morgan fingerprint density at radius 1 is 1.59 bits per heavy atom. The normalized spacial score (nSPS) is 21.3. The van der Waals surface area contributed by atoms with Gasteiger partial charge in [-0.3, -0.25) is 10.1 Å². The Kier molecular flexibility index (Phi) is 4.02. The Balaban J connectivity index is 2.08. The average Bonchev–Trinajstić information content (AvgIpc) is 2.71. The molecule has 1 fully saturated rings. The van der Waals surface area contributed by atoms with E-state index in [1.165, 1.54) is 0 Å². The van der Waals surface area contributed by atoms with Crippen LogP contribution in [0.3, 0.4) is 0 Å². The number of nitrogens with one attached hydrogen (secondary N) is 1. The van der Waals surface area contributed by atoms with E-state index in [0.717, 1.165) is 23.4 Å². The molecule has 92 valence electrons. The van der Waals surface area contributed by atoms with Crippen molar-refractivity contribution < 1.29 is 9.53 Å². The summed E-state index contributed by atoms with van der Waals surface area (Å²) in [7, 11) is 0. The maximum atomic E-state index is 11.4. The molecule has 1 heterocycles. The Bertz CT molecular complexity index is 408. The summed E-state index contributed by atoms with van der Waals surface area (Å²) in [6.07, 6.45) is 1.65. The third kappa shape index (κ3) is 2.99. The van der Waals surface area contributed by atoms with Gasteiger partial charge in [-0.2, -0.15) is 0 Å². The topological polar surface area (TPSA) is 38.3 Å². The van der Waals surface area contributed by atoms with Crippen molar-refractivity contribution in [1.29, 1.82) is 0 Å². The van der Waals surface area contributed by atoms with Gasteiger partial charge in [0, 0.05) is 17.5 Å². The predicted octanol–water partition coefficient (Wildman–Crippen LogP) is 2.70. The van der Waals surface area contributed by atoms with Crippen LogP contribution in [0.2, 0.25) is 5.02 Å². The predicted molar refractivity (Wildman–Crippen MR) is 67.0 cm³/mol. The molecule has 17 heavy (non-hydrogen) atoms. The third-order valence-electron chi connectivity index (χ3n) is 3.00. The summed E-state index contributed by atoms with van der Waals surface area (Å²) in [6.45, 7) is 2.60. The van der Waals surface area contributed by atoms with Crippen LogP contribution in [0.15, 0.2) is 24.3 Å². The summed E-state index contributed by atoms with van der Waals surface area (Å²) in [6, 6.07) is 7.69. The third-order valence-corrected chi connectivity index (χ3v) is 3.23. The number of carbonyl (C=O) groups excluding carboxylic acids is 1. The van der Waals surface area contributed by atoms with E-state index in [4.69, 9.17) is 16.3 Å². The highest BCUT2D eigenvalue weighted by Crippen LogP contribution is 2.22. The van der Waals surface area contributed by atoms with E-state index in [-0.39, 0.29) is 18.1 Å². The lowest BCUT2D eigenvalue weighted by Gasteiger charge is -2.20. The highest BCUT2D eigenvalue weighted by molar-refractivity contribution is 6.30. The van der Waals surface area contributed by atoms with Crippen molar-refractivity contribution in [3.8, 4) is 0 Å². The quantitative estimate of drug-likeness (QED) is 0.839. The van der Waals surface area contributed by atoms with Crippen LogP contribution in [0.25, 0.3) is 0 Å². The van der Waals surface area contributed by atoms with Crippen LogP contribution in [-0.2, 0) is 9.53 Å². The molecule has 1 aromatic rings. The first-order valence-corrected chi connectivity index (χ1v) is 6.26. The molecule has 0 aromatic heterocycles. The standard InChI is InChI=1S/C13H16ClNO2/c1-2-11(9-4-3-5-10(14)8-9)15-12-6-7-17-13(12)16/h3-5,8,11-12,15H,2,6-7H2,1H3. The summed E-state index contributed by atoms with van der Waals surface area (Å²) in [4.78, 5) is 11.4. The van der Waals surface area contributed by atoms with Gasteiger partial charge < -0.3 is 4.74 Å². The Morgan fingerprint density at radius 3 is 3.00 bits per heavy atom. The van der Waals surface area contributed by atoms with Gasteiger partial charge in [0.1, 0.15) is 6.04 Å². The lowest BCUT2D eigenvalue weighted by Crippen LogP contribution is -2.36. The van der Waals surface area contributed by atoms with Crippen LogP contribution in [0.1, 0.15) is 31.4 Å². The van der Waals surface area contributed by atoms with E-state index in [1.54, 1.807) is 0 Å². The maximum Gasteiger partial charge on any atom is 0.323 e. The minimum Gasteiger partial charge on any atom is -0.464 e. The summed E-state index contributed by atoms with van der Waals surface area (Å²) < 4.78 is 4.94. The summed E-state index contributed by atoms with van der Waals surface area (Å²) in [5, 5.41) is 4.04. The van der Waals surface area contributed by atoms with Crippen molar-refractivity contribution in [3.05, 3.63) is 34.9 Å². The van der Waals surface area contributed by atoms with Crippen molar-refractivity contribution >= 4 is 17.6 Å². The molecule has 1 N–H and O–H groups in total. The van der Waals surface area contributed by atoms with Gasteiger partial charge in [0.05, 0.1) is 6.61 Å². The zero-order valence-electron chi connectivity index (χ0n) is 9.78. The van der Waals surface area contributed by atoms with Crippen LogP contribution >= 0.6 is 11.6 Å². The molecule has 1 aliphatic rings. The lowest BCUT2D eigenvalue weighted by molar-refractivity contribution is -0.139. The van der Waals surface area contributed by atoms with Crippen LogP contribution in [0, 0.1) is 0 Å². The van der Waals surface area contributed by atoms with E-state index in [9.17, 15) is 4.79 Å². The molecule has 0 bridgehead atoms. The van der Waals surface area contributed by atoms with Gasteiger partial charge >= 0.3 is 5.97 Å². The molecule has 4 heteroatoms. The van der Waals surface area contributed by atoms with E-state index >= 15 is 0 Å². The number of hydrogen-bond donors (Lipinski definition) is 1. The molecule has 0 amide bonds. The summed E-state index contributed by atoms with van der Waals surface area (Å²) in [5.74, 6) is -0.148. The van der Waals surface area contributed by atoms with Gasteiger partial charge in [0.25, 0.3) is 0 Å². The number of ether oxygens (including phenoxy) is 1. The fourth-order valence-corrected chi connectivity index (χ4v) is 2.26. The molecular weight excluding hydrogens is 238 g/mol. The SMILES string of the molecule is CCC(NC1CCOC1=O)c1cccc(Cl)c1. The van der Waals surface area contributed by atoms with Gasteiger partial charge in [0.15, 0.2) is 0 Å². The second-order valence-corrected chi connectivity index (χ2v) is 4.63. The molecule has 2 rings (SSSR count). The Hall–Kier alpha value is -1.06. The van der Waals surface area contributed by atoms with Crippen LogP contribution < -0.4 is 5.32 Å². The second-order valence-electron chi connectivity index (χ2n) is 4.19. The minimum atomic E-state index is -0.182. The van der Waals surface area contributed by atoms with E-state index < -0.39 is 0 Å². The van der Waals surface area contributed by atoms with Crippen LogP contribution in [0.4, 0.5) is 0 Å². The molecule has 0 aliphatic carbocycles. The maximum absolute atomic E-state index is 11.4. The largest absolute Gasteiger partial charge is 0.464 e. The molecule has 1 saturated heterocycles. The van der Waals surface area contributed by atoms with Crippen LogP contribution in [0.5, 0.6) is 0 Å². The molecule has 1 aliphatic heterocycles. The number of hydrogen-bond acceptors (Lipinski definition) is 3. The molecule has 0 spiro atoms. The monoisotopic (exact) mass is 253 g/mol. The first-order valence-electron chi connectivity index (χ1n) is 5.89. The number of esters is 1. The molecular formula is C13H16ClNO2. The van der Waals surface area contributed by atoms with Crippen molar-refractivity contribution in [2.45, 2.75) is 31.8 Å². The summed E-state index contributed by atoms with van der Waals surface area (Å²) in [5.41, 5.74) is 1.11. The zero-order valence-corrected chi connectivity index (χ0v) is 10.5. The van der Waals surface area contributed by atoms with Gasteiger partial charge in [0.2, 0.25) is 0 Å². The number of rotatable bonds is 4. The van der Waals surface area contributed by atoms with E-state index in [2.05, 4.69) is 12.2 Å². The Labute approximate surface area is 106 Å². The molecule has 2 atom stereocenters. The van der Waals surface area contributed by atoms with Crippen molar-refractivity contribution in [3.63, 3.8) is 0 Å². The molecule has 2 unspecified atom stereocenters. The number of halogens is 1. The molecule has 3 nitrogen and oxygen atoms in total. The van der Waals surface area contributed by atoms with Gasteiger partial charge in [-0.1, -0.05) is 30.7 Å². The van der Waals surface area contributed by atoms with E-state index in [1.807, 2.05) is 24.3 Å². The summed E-state index contributed by atoms with van der Waals surface area (Å²) >= 11 is 5.97. The van der Waals surface area contributed by atoms with Crippen molar-refractivity contribution in [2.75, 3.05) is 6.61 Å². The van der Waals surface area contributed by atoms with E-state index in [0.29, 0.717) is 6.61 Å². The number of carbonyl (C=O) groups is 1. The van der Waals surface area contributed by atoms with Crippen molar-refractivity contribution in [1.82, 2.24) is 5.32 Å².